The number of hydrogen-bond acceptors (Lipinski definition) is 2. The van der Waals surface area contributed by atoms with Gasteiger partial charge in [0.05, 0.1) is 12.9 Å². The Hall–Kier alpha value is -2.03. The van der Waals surface area contributed by atoms with Crippen molar-refractivity contribution in [3.63, 3.8) is 0 Å². The lowest BCUT2D eigenvalue weighted by atomic mass is 9.87. The zero-order valence-corrected chi connectivity index (χ0v) is 14.7. The van der Waals surface area contributed by atoms with Crippen molar-refractivity contribution in [2.24, 2.45) is 0 Å². The number of hydrogen-bond donors (Lipinski definition) is 0. The first kappa shape index (κ1) is 16.8. The third kappa shape index (κ3) is 4.28. The summed E-state index contributed by atoms with van der Waals surface area (Å²) in [6, 6.07) is 4.40. The van der Waals surface area contributed by atoms with E-state index in [4.69, 9.17) is 4.74 Å². The monoisotopic (exact) mass is 324 g/mol. The van der Waals surface area contributed by atoms with Crippen LogP contribution in [0.5, 0.6) is 5.75 Å². The quantitative estimate of drug-likeness (QED) is 0.636. The van der Waals surface area contributed by atoms with Crippen molar-refractivity contribution in [3.8, 4) is 5.75 Å². The fraction of sp³-hybridized carbons (Fsp3) is 0.476. The standard InChI is InChI=1S/C21H28N2O/c1-2-3-6-16-24-21-12-11-18(19-9-4-5-10-20(19)21)8-7-14-23-15-13-22-17-23/h7-8,11-13,15,17H,2-6,9-10,14,16H2,1H3/b8-7+. The minimum absolute atomic E-state index is 0.843. The third-order valence-corrected chi connectivity index (χ3v) is 4.71. The van der Waals surface area contributed by atoms with Crippen molar-refractivity contribution < 1.29 is 4.74 Å². The average molecular weight is 324 g/mol. The Morgan fingerprint density at radius 3 is 2.83 bits per heavy atom. The summed E-state index contributed by atoms with van der Waals surface area (Å²) < 4.78 is 8.17. The fourth-order valence-corrected chi connectivity index (χ4v) is 3.38. The summed E-state index contributed by atoms with van der Waals surface area (Å²) in [7, 11) is 0. The van der Waals surface area contributed by atoms with Gasteiger partial charge in [0.25, 0.3) is 0 Å². The van der Waals surface area contributed by atoms with Crippen molar-refractivity contribution in [2.75, 3.05) is 6.61 Å². The topological polar surface area (TPSA) is 27.1 Å². The van der Waals surface area contributed by atoms with Crippen LogP contribution in [0.4, 0.5) is 0 Å². The number of unbranched alkanes of at least 4 members (excludes halogenated alkanes) is 2. The first-order chi connectivity index (χ1) is 11.9. The van der Waals surface area contributed by atoms with Gasteiger partial charge < -0.3 is 9.30 Å². The maximum absolute atomic E-state index is 6.09. The van der Waals surface area contributed by atoms with Crippen LogP contribution in [0.1, 0.15) is 55.7 Å². The highest BCUT2D eigenvalue weighted by molar-refractivity contribution is 5.60. The van der Waals surface area contributed by atoms with Crippen molar-refractivity contribution in [1.82, 2.24) is 9.55 Å². The molecule has 0 bridgehead atoms. The third-order valence-electron chi connectivity index (χ3n) is 4.71. The molecule has 0 aliphatic heterocycles. The smallest absolute Gasteiger partial charge is 0.122 e. The molecule has 24 heavy (non-hydrogen) atoms. The van der Waals surface area contributed by atoms with E-state index in [1.54, 1.807) is 0 Å². The number of rotatable bonds is 8. The van der Waals surface area contributed by atoms with Gasteiger partial charge in [-0.2, -0.15) is 0 Å². The zero-order chi connectivity index (χ0) is 16.6. The largest absolute Gasteiger partial charge is 0.493 e. The number of fused-ring (bicyclic) bond motifs is 1. The Balaban J connectivity index is 1.72. The van der Waals surface area contributed by atoms with Crippen molar-refractivity contribution in [3.05, 3.63) is 53.6 Å². The molecule has 0 saturated carbocycles. The predicted octanol–water partition coefficient (Wildman–Crippen LogP) is 5.04. The van der Waals surface area contributed by atoms with Crippen LogP contribution >= 0.6 is 0 Å². The molecule has 0 N–H and O–H groups in total. The highest BCUT2D eigenvalue weighted by atomic mass is 16.5. The lowest BCUT2D eigenvalue weighted by molar-refractivity contribution is 0.302. The Labute approximate surface area is 145 Å². The molecule has 2 aromatic rings. The second-order valence-corrected chi connectivity index (χ2v) is 6.53. The van der Waals surface area contributed by atoms with Crippen LogP contribution in [0.3, 0.4) is 0 Å². The van der Waals surface area contributed by atoms with E-state index in [2.05, 4.69) is 40.8 Å². The van der Waals surface area contributed by atoms with Crippen LogP contribution < -0.4 is 4.74 Å². The van der Waals surface area contributed by atoms with E-state index >= 15 is 0 Å². The summed E-state index contributed by atoms with van der Waals surface area (Å²) >= 11 is 0. The molecular formula is C21H28N2O. The van der Waals surface area contributed by atoms with E-state index in [0.29, 0.717) is 0 Å². The summed E-state index contributed by atoms with van der Waals surface area (Å²) in [6.45, 7) is 3.94. The summed E-state index contributed by atoms with van der Waals surface area (Å²) in [6.07, 6.45) is 18.7. The summed E-state index contributed by atoms with van der Waals surface area (Å²) in [5.41, 5.74) is 4.30. The molecule has 128 valence electrons. The zero-order valence-electron chi connectivity index (χ0n) is 14.7. The Morgan fingerprint density at radius 2 is 2.04 bits per heavy atom. The molecule has 1 heterocycles. The maximum atomic E-state index is 6.09. The average Bonchev–Trinajstić information content (AvgIpc) is 3.13. The number of aromatic nitrogens is 2. The lowest BCUT2D eigenvalue weighted by Gasteiger charge is -2.22. The number of nitrogens with zero attached hydrogens (tertiary/aromatic N) is 2. The Kier molecular flexibility index (Phi) is 6.11. The second-order valence-electron chi connectivity index (χ2n) is 6.53. The lowest BCUT2D eigenvalue weighted by Crippen LogP contribution is -2.09. The molecule has 0 unspecified atom stereocenters. The molecule has 1 aromatic heterocycles. The van der Waals surface area contributed by atoms with Crippen molar-refractivity contribution in [2.45, 2.75) is 58.4 Å². The van der Waals surface area contributed by atoms with Crippen LogP contribution in [0.15, 0.2) is 36.9 Å². The van der Waals surface area contributed by atoms with Gasteiger partial charge in [-0.15, -0.1) is 0 Å². The van der Waals surface area contributed by atoms with E-state index in [-0.39, 0.29) is 0 Å². The normalized spacial score (nSPS) is 14.0. The number of imidazole rings is 1. The molecule has 1 aromatic carbocycles. The first-order valence-electron chi connectivity index (χ1n) is 9.28. The highest BCUT2D eigenvalue weighted by Crippen LogP contribution is 2.33. The fourth-order valence-electron chi connectivity index (χ4n) is 3.38. The molecule has 0 spiro atoms. The summed E-state index contributed by atoms with van der Waals surface area (Å²) in [5.74, 6) is 1.12. The minimum Gasteiger partial charge on any atom is -0.493 e. The SMILES string of the molecule is CCCCCOc1ccc(/C=C/Cn2ccnc2)c2c1CCCC2. The van der Waals surface area contributed by atoms with Gasteiger partial charge in [-0.1, -0.05) is 38.0 Å². The van der Waals surface area contributed by atoms with Crippen molar-refractivity contribution >= 4 is 6.08 Å². The molecule has 3 rings (SSSR count). The molecule has 1 aliphatic rings. The van der Waals surface area contributed by atoms with Gasteiger partial charge in [-0.25, -0.2) is 4.98 Å². The molecule has 0 atom stereocenters. The second kappa shape index (κ2) is 8.72. The Morgan fingerprint density at radius 1 is 1.17 bits per heavy atom. The first-order valence-corrected chi connectivity index (χ1v) is 9.28. The van der Waals surface area contributed by atoms with Gasteiger partial charge in [0, 0.05) is 18.9 Å². The van der Waals surface area contributed by atoms with Crippen LogP contribution in [0.2, 0.25) is 0 Å². The highest BCUT2D eigenvalue weighted by Gasteiger charge is 2.16. The van der Waals surface area contributed by atoms with Gasteiger partial charge >= 0.3 is 0 Å². The van der Waals surface area contributed by atoms with Gasteiger partial charge in [0.2, 0.25) is 0 Å². The molecule has 0 saturated heterocycles. The predicted molar refractivity (Wildman–Crippen MR) is 99.4 cm³/mol. The number of ether oxygens (including phenoxy) is 1. The van der Waals surface area contributed by atoms with Crippen molar-refractivity contribution in [1.29, 1.82) is 0 Å². The van der Waals surface area contributed by atoms with Gasteiger partial charge in [-0.05, 0) is 54.9 Å². The summed E-state index contributed by atoms with van der Waals surface area (Å²) in [4.78, 5) is 4.08. The Bertz CT molecular complexity index is 659. The molecule has 3 heteroatoms. The van der Waals surface area contributed by atoms with Crippen LogP contribution in [0, 0.1) is 0 Å². The maximum Gasteiger partial charge on any atom is 0.122 e. The summed E-state index contributed by atoms with van der Waals surface area (Å²) in [5, 5.41) is 0. The van der Waals surface area contributed by atoms with E-state index < -0.39 is 0 Å². The van der Waals surface area contributed by atoms with Crippen LogP contribution in [-0.2, 0) is 19.4 Å². The van der Waals surface area contributed by atoms with E-state index in [1.165, 1.54) is 48.8 Å². The molecule has 0 amide bonds. The molecular weight excluding hydrogens is 296 g/mol. The van der Waals surface area contributed by atoms with Crippen LogP contribution in [-0.4, -0.2) is 16.2 Å². The molecule has 3 nitrogen and oxygen atoms in total. The molecule has 0 radical (unpaired) electrons. The van der Waals surface area contributed by atoms with Gasteiger partial charge in [0.15, 0.2) is 0 Å². The van der Waals surface area contributed by atoms with Crippen LogP contribution in [0.25, 0.3) is 6.08 Å². The minimum atomic E-state index is 0.843. The number of allylic oxidation sites excluding steroid dienone is 1. The molecule has 1 aliphatic carbocycles. The van der Waals surface area contributed by atoms with E-state index in [9.17, 15) is 0 Å². The van der Waals surface area contributed by atoms with E-state index in [0.717, 1.165) is 31.7 Å². The molecule has 0 fully saturated rings. The number of benzene rings is 1. The van der Waals surface area contributed by atoms with Gasteiger partial charge in [0.1, 0.15) is 5.75 Å². The van der Waals surface area contributed by atoms with E-state index in [1.807, 2.05) is 18.7 Å². The van der Waals surface area contributed by atoms with Gasteiger partial charge in [-0.3, -0.25) is 0 Å².